The van der Waals surface area contributed by atoms with Crippen molar-refractivity contribution in [3.8, 4) is 0 Å². The van der Waals surface area contributed by atoms with Gasteiger partial charge in [0.25, 0.3) is 11.6 Å². The quantitative estimate of drug-likeness (QED) is 0.491. The summed E-state index contributed by atoms with van der Waals surface area (Å²) in [7, 11) is 0. The van der Waals surface area contributed by atoms with Crippen molar-refractivity contribution < 1.29 is 9.72 Å². The average molecular weight is 296 g/mol. The second-order valence-corrected chi connectivity index (χ2v) is 4.23. The molecule has 0 spiro atoms. The summed E-state index contributed by atoms with van der Waals surface area (Å²) < 4.78 is 0. The van der Waals surface area contributed by atoms with Gasteiger partial charge in [-0.25, -0.2) is 9.97 Å². The van der Waals surface area contributed by atoms with Gasteiger partial charge in [0.05, 0.1) is 16.8 Å². The van der Waals surface area contributed by atoms with Crippen molar-refractivity contribution in [2.45, 2.75) is 6.42 Å². The number of nitrogens with zero attached hydrogens (tertiary/aromatic N) is 3. The highest BCUT2D eigenvalue weighted by Gasteiger charge is 2.16. The van der Waals surface area contributed by atoms with E-state index in [4.69, 9.17) is 11.6 Å². The molecular weight excluding hydrogens is 286 g/mol. The molecule has 2 N–H and O–H groups in total. The summed E-state index contributed by atoms with van der Waals surface area (Å²) in [5, 5.41) is 13.2. The Morgan fingerprint density at radius 3 is 2.95 bits per heavy atom. The van der Waals surface area contributed by atoms with E-state index >= 15 is 0 Å². The number of carbonyl (C=O) groups excluding carboxylic acids is 1. The molecule has 104 valence electrons. The Labute approximate surface area is 118 Å². The molecule has 0 aliphatic heterocycles. The van der Waals surface area contributed by atoms with E-state index in [2.05, 4.69) is 20.3 Å². The fourth-order valence-electron chi connectivity index (χ4n) is 1.52. The van der Waals surface area contributed by atoms with Crippen molar-refractivity contribution in [1.82, 2.24) is 20.3 Å². The minimum Gasteiger partial charge on any atom is -0.352 e. The van der Waals surface area contributed by atoms with Crippen molar-refractivity contribution in [2.75, 3.05) is 6.54 Å². The number of hydrogen-bond donors (Lipinski definition) is 2. The molecule has 0 saturated carbocycles. The van der Waals surface area contributed by atoms with Gasteiger partial charge < -0.3 is 10.3 Å². The van der Waals surface area contributed by atoms with Gasteiger partial charge >= 0.3 is 0 Å². The number of nitrogens with one attached hydrogen (secondary N) is 2. The van der Waals surface area contributed by atoms with Crippen LogP contribution in [0.4, 0.5) is 5.69 Å². The molecule has 2 aromatic rings. The van der Waals surface area contributed by atoms with Gasteiger partial charge in [0.2, 0.25) is 0 Å². The van der Waals surface area contributed by atoms with E-state index in [1.165, 1.54) is 0 Å². The first-order chi connectivity index (χ1) is 9.58. The first-order valence-electron chi connectivity index (χ1n) is 5.63. The van der Waals surface area contributed by atoms with Crippen molar-refractivity contribution >= 4 is 23.2 Å². The largest absolute Gasteiger partial charge is 0.352 e. The van der Waals surface area contributed by atoms with Gasteiger partial charge in [0, 0.05) is 30.9 Å². The summed E-state index contributed by atoms with van der Waals surface area (Å²) in [4.78, 5) is 32.3. The van der Waals surface area contributed by atoms with Crippen molar-refractivity contribution in [3.05, 3.63) is 51.3 Å². The highest BCUT2D eigenvalue weighted by molar-refractivity contribution is 6.32. The van der Waals surface area contributed by atoms with Crippen LogP contribution in [0.25, 0.3) is 0 Å². The van der Waals surface area contributed by atoms with E-state index in [0.29, 0.717) is 13.0 Å². The Kier molecular flexibility index (Phi) is 4.26. The Balaban J connectivity index is 2.01. The third-order valence-corrected chi connectivity index (χ3v) is 2.82. The SMILES string of the molecule is O=C(NCCc1cnc[nH]1)c1cc([N+](=O)[O-])cnc1Cl. The molecule has 2 rings (SSSR count). The second-order valence-electron chi connectivity index (χ2n) is 3.87. The van der Waals surface area contributed by atoms with Gasteiger partial charge in [-0.15, -0.1) is 0 Å². The lowest BCUT2D eigenvalue weighted by molar-refractivity contribution is -0.385. The number of imidazole rings is 1. The summed E-state index contributed by atoms with van der Waals surface area (Å²) in [5.41, 5.74) is 0.562. The number of H-pyrrole nitrogens is 1. The molecule has 20 heavy (non-hydrogen) atoms. The first kappa shape index (κ1) is 13.9. The summed E-state index contributed by atoms with van der Waals surface area (Å²) in [5.74, 6) is -0.509. The fraction of sp³-hybridized carbons (Fsp3) is 0.182. The van der Waals surface area contributed by atoms with E-state index in [1.807, 2.05) is 0 Å². The van der Waals surface area contributed by atoms with E-state index in [9.17, 15) is 14.9 Å². The monoisotopic (exact) mass is 295 g/mol. The fourth-order valence-corrected chi connectivity index (χ4v) is 1.71. The number of carbonyl (C=O) groups is 1. The molecule has 2 aromatic heterocycles. The van der Waals surface area contributed by atoms with Crippen molar-refractivity contribution in [3.63, 3.8) is 0 Å². The highest BCUT2D eigenvalue weighted by Crippen LogP contribution is 2.18. The molecule has 0 aromatic carbocycles. The van der Waals surface area contributed by atoms with Crippen LogP contribution < -0.4 is 5.32 Å². The topological polar surface area (TPSA) is 114 Å². The predicted molar refractivity (Wildman–Crippen MR) is 70.5 cm³/mol. The normalized spacial score (nSPS) is 10.2. The van der Waals surface area contributed by atoms with Gasteiger partial charge in [-0.1, -0.05) is 11.6 Å². The minimum absolute atomic E-state index is 0.0227. The predicted octanol–water partition coefficient (Wildman–Crippen LogP) is 1.34. The lowest BCUT2D eigenvalue weighted by Crippen LogP contribution is -2.26. The summed E-state index contributed by atoms with van der Waals surface area (Å²) in [6.07, 6.45) is 4.75. The number of amides is 1. The third kappa shape index (κ3) is 3.29. The molecule has 0 bridgehead atoms. The van der Waals surface area contributed by atoms with E-state index in [0.717, 1.165) is 18.0 Å². The van der Waals surface area contributed by atoms with Crippen LogP contribution in [0.3, 0.4) is 0 Å². The molecule has 0 unspecified atom stereocenters. The van der Waals surface area contributed by atoms with Crippen LogP contribution in [0, 0.1) is 10.1 Å². The van der Waals surface area contributed by atoms with E-state index in [-0.39, 0.29) is 16.4 Å². The molecule has 9 heteroatoms. The van der Waals surface area contributed by atoms with Crippen LogP contribution in [0.1, 0.15) is 16.1 Å². The van der Waals surface area contributed by atoms with Gasteiger partial charge in [0.1, 0.15) is 11.3 Å². The molecule has 0 fully saturated rings. The maximum Gasteiger partial charge on any atom is 0.288 e. The van der Waals surface area contributed by atoms with Crippen LogP contribution in [0.5, 0.6) is 0 Å². The van der Waals surface area contributed by atoms with Crippen LogP contribution in [-0.4, -0.2) is 32.3 Å². The number of hydrogen-bond acceptors (Lipinski definition) is 5. The van der Waals surface area contributed by atoms with Crippen LogP contribution in [0.2, 0.25) is 5.15 Å². The van der Waals surface area contributed by atoms with Crippen LogP contribution >= 0.6 is 11.6 Å². The number of rotatable bonds is 5. The Hall–Kier alpha value is -2.48. The third-order valence-electron chi connectivity index (χ3n) is 2.51. The Bertz CT molecular complexity index is 629. The van der Waals surface area contributed by atoms with Crippen LogP contribution in [0.15, 0.2) is 24.8 Å². The molecule has 0 aliphatic rings. The molecule has 0 saturated heterocycles. The molecule has 1 amide bonds. The Morgan fingerprint density at radius 2 is 2.30 bits per heavy atom. The van der Waals surface area contributed by atoms with Crippen molar-refractivity contribution in [2.24, 2.45) is 0 Å². The summed E-state index contributed by atoms with van der Waals surface area (Å²) in [6, 6.07) is 1.10. The summed E-state index contributed by atoms with van der Waals surface area (Å²) >= 11 is 5.76. The molecule has 8 nitrogen and oxygen atoms in total. The zero-order valence-corrected chi connectivity index (χ0v) is 10.9. The smallest absolute Gasteiger partial charge is 0.288 e. The second kappa shape index (κ2) is 6.11. The van der Waals surface area contributed by atoms with Crippen LogP contribution in [-0.2, 0) is 6.42 Å². The molecule has 0 aliphatic carbocycles. The zero-order chi connectivity index (χ0) is 14.5. The maximum atomic E-state index is 11.9. The Morgan fingerprint density at radius 1 is 1.50 bits per heavy atom. The van der Waals surface area contributed by atoms with Gasteiger partial charge in [-0.2, -0.15) is 0 Å². The number of aromatic amines is 1. The number of nitro groups is 1. The molecule has 0 atom stereocenters. The van der Waals surface area contributed by atoms with Gasteiger partial charge in [-0.3, -0.25) is 14.9 Å². The van der Waals surface area contributed by atoms with Gasteiger partial charge in [-0.05, 0) is 0 Å². The average Bonchev–Trinajstić information content (AvgIpc) is 2.92. The molecular formula is C11H10ClN5O3. The maximum absolute atomic E-state index is 11.9. The van der Waals surface area contributed by atoms with Crippen molar-refractivity contribution in [1.29, 1.82) is 0 Å². The van der Waals surface area contributed by atoms with E-state index < -0.39 is 10.8 Å². The number of pyridine rings is 1. The summed E-state index contributed by atoms with van der Waals surface area (Å²) in [6.45, 7) is 0.347. The lowest BCUT2D eigenvalue weighted by atomic mass is 10.2. The number of halogens is 1. The lowest BCUT2D eigenvalue weighted by Gasteiger charge is -2.05. The standard InChI is InChI=1S/C11H10ClN5O3/c12-10-9(3-8(5-15-10)17(19)20)11(18)14-2-1-7-4-13-6-16-7/h3-6H,1-2H2,(H,13,16)(H,14,18). The minimum atomic E-state index is -0.634. The molecule has 2 heterocycles. The van der Waals surface area contributed by atoms with Gasteiger partial charge in [0.15, 0.2) is 0 Å². The van der Waals surface area contributed by atoms with E-state index in [1.54, 1.807) is 12.5 Å². The zero-order valence-electron chi connectivity index (χ0n) is 10.2. The number of aromatic nitrogens is 3. The first-order valence-corrected chi connectivity index (χ1v) is 6.01. The molecule has 0 radical (unpaired) electrons. The highest BCUT2D eigenvalue weighted by atomic mass is 35.5.